The van der Waals surface area contributed by atoms with Crippen LogP contribution in [0.1, 0.15) is 36.7 Å². The maximum atomic E-state index is 12.2. The highest BCUT2D eigenvalue weighted by Gasteiger charge is 2.25. The van der Waals surface area contributed by atoms with Gasteiger partial charge in [-0.05, 0) is 24.0 Å². The molecule has 1 aromatic rings. The van der Waals surface area contributed by atoms with E-state index in [-0.39, 0.29) is 11.8 Å². The molecule has 1 aromatic carbocycles. The van der Waals surface area contributed by atoms with Crippen LogP contribution in [0, 0.1) is 5.92 Å². The molecular formula is C15H21NO3. The molecule has 0 unspecified atom stereocenters. The lowest BCUT2D eigenvalue weighted by Gasteiger charge is -2.20. The summed E-state index contributed by atoms with van der Waals surface area (Å²) in [4.78, 5) is 23.9. The summed E-state index contributed by atoms with van der Waals surface area (Å²) in [7, 11) is 1.32. The molecule has 0 bridgehead atoms. The number of ether oxygens (including phenoxy) is 1. The molecule has 0 aliphatic carbocycles. The number of esters is 1. The van der Waals surface area contributed by atoms with Gasteiger partial charge in [0, 0.05) is 5.56 Å². The molecule has 0 radical (unpaired) electrons. The average molecular weight is 263 g/mol. The topological polar surface area (TPSA) is 55.4 Å². The molecule has 0 saturated carbocycles. The Morgan fingerprint density at radius 1 is 1.26 bits per heavy atom. The van der Waals surface area contributed by atoms with Gasteiger partial charge in [-0.3, -0.25) is 4.79 Å². The highest BCUT2D eigenvalue weighted by Crippen LogP contribution is 2.11. The first-order valence-corrected chi connectivity index (χ1v) is 6.47. The van der Waals surface area contributed by atoms with Crippen molar-refractivity contribution in [3.05, 3.63) is 35.4 Å². The van der Waals surface area contributed by atoms with Crippen LogP contribution in [-0.4, -0.2) is 25.0 Å². The third-order valence-electron chi connectivity index (χ3n) is 3.05. The van der Waals surface area contributed by atoms with Crippen LogP contribution < -0.4 is 5.32 Å². The number of carbonyl (C=O) groups is 2. The van der Waals surface area contributed by atoms with Crippen LogP contribution in [0.15, 0.2) is 24.3 Å². The maximum Gasteiger partial charge on any atom is 0.328 e. The fraction of sp³-hybridized carbons (Fsp3) is 0.467. The van der Waals surface area contributed by atoms with Gasteiger partial charge in [-0.2, -0.15) is 0 Å². The minimum absolute atomic E-state index is 0.0230. The van der Waals surface area contributed by atoms with Crippen molar-refractivity contribution >= 4 is 11.9 Å². The molecule has 19 heavy (non-hydrogen) atoms. The van der Waals surface area contributed by atoms with Crippen LogP contribution in [-0.2, 0) is 16.0 Å². The van der Waals surface area contributed by atoms with Crippen LogP contribution in [0.3, 0.4) is 0 Å². The van der Waals surface area contributed by atoms with E-state index in [1.54, 1.807) is 6.07 Å². The third-order valence-corrected chi connectivity index (χ3v) is 3.05. The summed E-state index contributed by atoms with van der Waals surface area (Å²) in [6, 6.07) is 6.77. The van der Waals surface area contributed by atoms with Crippen molar-refractivity contribution in [1.29, 1.82) is 0 Å². The van der Waals surface area contributed by atoms with Crippen molar-refractivity contribution < 1.29 is 14.3 Å². The van der Waals surface area contributed by atoms with Crippen molar-refractivity contribution in [1.82, 2.24) is 5.32 Å². The Labute approximate surface area is 114 Å². The number of aryl methyl sites for hydroxylation is 1. The molecule has 0 aliphatic rings. The Morgan fingerprint density at radius 2 is 1.89 bits per heavy atom. The first kappa shape index (κ1) is 15.2. The molecule has 1 amide bonds. The Morgan fingerprint density at radius 3 is 2.42 bits per heavy atom. The quantitative estimate of drug-likeness (QED) is 0.828. The SMILES string of the molecule is CCc1ccccc1C(=O)N[C@@H](C(=O)OC)C(C)C. The van der Waals surface area contributed by atoms with E-state index in [1.807, 2.05) is 39.0 Å². The van der Waals surface area contributed by atoms with Crippen molar-refractivity contribution in [2.24, 2.45) is 5.92 Å². The van der Waals surface area contributed by atoms with E-state index in [0.29, 0.717) is 5.56 Å². The second-order valence-electron chi connectivity index (χ2n) is 4.73. The molecule has 4 heteroatoms. The predicted molar refractivity (Wildman–Crippen MR) is 73.9 cm³/mol. The zero-order valence-corrected chi connectivity index (χ0v) is 11.9. The van der Waals surface area contributed by atoms with Gasteiger partial charge in [0.05, 0.1) is 7.11 Å². The molecule has 0 aliphatic heterocycles. The molecule has 0 spiro atoms. The number of hydrogen-bond acceptors (Lipinski definition) is 3. The molecule has 104 valence electrons. The number of carbonyl (C=O) groups excluding carboxylic acids is 2. The Kier molecular flexibility index (Phi) is 5.55. The van der Waals surface area contributed by atoms with Gasteiger partial charge in [-0.15, -0.1) is 0 Å². The van der Waals surface area contributed by atoms with E-state index in [1.165, 1.54) is 7.11 Å². The van der Waals surface area contributed by atoms with Crippen LogP contribution in [0.5, 0.6) is 0 Å². The lowest BCUT2D eigenvalue weighted by Crippen LogP contribution is -2.45. The number of rotatable bonds is 5. The molecule has 4 nitrogen and oxygen atoms in total. The summed E-state index contributed by atoms with van der Waals surface area (Å²) in [5, 5.41) is 2.74. The van der Waals surface area contributed by atoms with Gasteiger partial charge in [0.15, 0.2) is 0 Å². The number of benzene rings is 1. The monoisotopic (exact) mass is 263 g/mol. The average Bonchev–Trinajstić information content (AvgIpc) is 2.43. The van der Waals surface area contributed by atoms with Crippen LogP contribution in [0.4, 0.5) is 0 Å². The van der Waals surface area contributed by atoms with Crippen LogP contribution in [0.25, 0.3) is 0 Å². The van der Waals surface area contributed by atoms with E-state index in [2.05, 4.69) is 5.32 Å². The Hall–Kier alpha value is -1.84. The summed E-state index contributed by atoms with van der Waals surface area (Å²) in [5.41, 5.74) is 1.58. The molecule has 1 rings (SSSR count). The van der Waals surface area contributed by atoms with Gasteiger partial charge in [0.25, 0.3) is 5.91 Å². The van der Waals surface area contributed by atoms with Crippen molar-refractivity contribution in [2.45, 2.75) is 33.2 Å². The van der Waals surface area contributed by atoms with Gasteiger partial charge < -0.3 is 10.1 Å². The molecule has 1 N–H and O–H groups in total. The molecule has 1 atom stereocenters. The van der Waals surface area contributed by atoms with Crippen LogP contribution >= 0.6 is 0 Å². The van der Waals surface area contributed by atoms with Crippen molar-refractivity contribution in [2.75, 3.05) is 7.11 Å². The molecule has 0 saturated heterocycles. The molecule has 0 fully saturated rings. The van der Waals surface area contributed by atoms with Gasteiger partial charge in [-0.1, -0.05) is 39.0 Å². The molecule has 0 heterocycles. The number of hydrogen-bond donors (Lipinski definition) is 1. The zero-order valence-electron chi connectivity index (χ0n) is 11.9. The fourth-order valence-corrected chi connectivity index (χ4v) is 1.89. The van der Waals surface area contributed by atoms with Gasteiger partial charge in [-0.25, -0.2) is 4.79 Å². The summed E-state index contributed by atoms with van der Waals surface area (Å²) in [6.45, 7) is 5.73. The Balaban J connectivity index is 2.91. The highest BCUT2D eigenvalue weighted by molar-refractivity contribution is 5.98. The molecule has 0 aromatic heterocycles. The lowest BCUT2D eigenvalue weighted by atomic mass is 10.0. The number of methoxy groups -OCH3 is 1. The van der Waals surface area contributed by atoms with E-state index in [9.17, 15) is 9.59 Å². The lowest BCUT2D eigenvalue weighted by molar-refractivity contribution is -0.144. The van der Waals surface area contributed by atoms with E-state index >= 15 is 0 Å². The number of nitrogens with one attached hydrogen (secondary N) is 1. The fourth-order valence-electron chi connectivity index (χ4n) is 1.89. The largest absolute Gasteiger partial charge is 0.467 e. The first-order chi connectivity index (χ1) is 9.01. The van der Waals surface area contributed by atoms with Gasteiger partial charge >= 0.3 is 5.97 Å². The van der Waals surface area contributed by atoms with Gasteiger partial charge in [0.2, 0.25) is 0 Å². The van der Waals surface area contributed by atoms with E-state index in [0.717, 1.165) is 12.0 Å². The summed E-state index contributed by atoms with van der Waals surface area (Å²) in [5.74, 6) is -0.677. The minimum Gasteiger partial charge on any atom is -0.467 e. The minimum atomic E-state index is -0.623. The standard InChI is InChI=1S/C15H21NO3/c1-5-11-8-6-7-9-12(11)14(17)16-13(10(2)3)15(18)19-4/h6-10,13H,5H2,1-4H3,(H,16,17)/t13-/m1/s1. The first-order valence-electron chi connectivity index (χ1n) is 6.47. The van der Waals surface area contributed by atoms with Crippen molar-refractivity contribution in [3.8, 4) is 0 Å². The second-order valence-corrected chi connectivity index (χ2v) is 4.73. The van der Waals surface area contributed by atoms with Crippen LogP contribution in [0.2, 0.25) is 0 Å². The van der Waals surface area contributed by atoms with Crippen molar-refractivity contribution in [3.63, 3.8) is 0 Å². The second kappa shape index (κ2) is 6.92. The normalized spacial score (nSPS) is 12.1. The third kappa shape index (κ3) is 3.81. The summed E-state index contributed by atoms with van der Waals surface area (Å²) in [6.07, 6.45) is 0.772. The Bertz CT molecular complexity index is 454. The number of amides is 1. The maximum absolute atomic E-state index is 12.2. The summed E-state index contributed by atoms with van der Waals surface area (Å²) < 4.78 is 4.71. The van der Waals surface area contributed by atoms with Gasteiger partial charge in [0.1, 0.15) is 6.04 Å². The molecular weight excluding hydrogens is 242 g/mol. The van der Waals surface area contributed by atoms with E-state index < -0.39 is 12.0 Å². The highest BCUT2D eigenvalue weighted by atomic mass is 16.5. The smallest absolute Gasteiger partial charge is 0.328 e. The summed E-state index contributed by atoms with van der Waals surface area (Å²) >= 11 is 0. The predicted octanol–water partition coefficient (Wildman–Crippen LogP) is 2.18. The zero-order chi connectivity index (χ0) is 14.4. The van der Waals surface area contributed by atoms with E-state index in [4.69, 9.17) is 4.74 Å².